The fourth-order valence-corrected chi connectivity index (χ4v) is 2.27. The van der Waals surface area contributed by atoms with E-state index in [9.17, 15) is 14.9 Å². The number of amides is 1. The maximum Gasteiger partial charge on any atom is 0.271 e. The van der Waals surface area contributed by atoms with Crippen LogP contribution in [0.25, 0.3) is 0 Å². The molecule has 1 heterocycles. The van der Waals surface area contributed by atoms with E-state index in [-0.39, 0.29) is 21.3 Å². The van der Waals surface area contributed by atoms with E-state index in [1.54, 1.807) is 12.1 Å². The van der Waals surface area contributed by atoms with Gasteiger partial charge in [0.05, 0.1) is 26.2 Å². The van der Waals surface area contributed by atoms with Gasteiger partial charge in [0.2, 0.25) is 0 Å². The van der Waals surface area contributed by atoms with Gasteiger partial charge in [0.15, 0.2) is 0 Å². The predicted octanol–water partition coefficient (Wildman–Crippen LogP) is 4.31. The summed E-state index contributed by atoms with van der Waals surface area (Å²) in [4.78, 5) is 26.3. The molecular formula is C12H6BrCl2N3O3. The Morgan fingerprint density at radius 2 is 2.10 bits per heavy atom. The second-order valence-corrected chi connectivity index (χ2v) is 5.38. The number of benzene rings is 1. The number of nitrogens with one attached hydrogen (secondary N) is 1. The predicted molar refractivity (Wildman–Crippen MR) is 83.0 cm³/mol. The number of nitrogens with zero attached hydrogens (tertiary/aromatic N) is 2. The van der Waals surface area contributed by atoms with Crippen molar-refractivity contribution in [2.75, 3.05) is 5.32 Å². The van der Waals surface area contributed by atoms with Gasteiger partial charge in [-0.3, -0.25) is 14.9 Å². The summed E-state index contributed by atoms with van der Waals surface area (Å²) < 4.78 is 0.422. The van der Waals surface area contributed by atoms with Crippen molar-refractivity contribution in [2.24, 2.45) is 0 Å². The Morgan fingerprint density at radius 1 is 1.38 bits per heavy atom. The number of rotatable bonds is 3. The average molecular weight is 391 g/mol. The fourth-order valence-electron chi connectivity index (χ4n) is 1.51. The minimum Gasteiger partial charge on any atom is -0.320 e. The Kier molecular flexibility index (Phi) is 4.76. The second kappa shape index (κ2) is 6.38. The number of carbonyl (C=O) groups excluding carboxylic acids is 1. The lowest BCUT2D eigenvalue weighted by Crippen LogP contribution is -2.13. The van der Waals surface area contributed by atoms with E-state index in [1.807, 2.05) is 0 Å². The number of nitro benzene ring substituents is 1. The summed E-state index contributed by atoms with van der Waals surface area (Å²) >= 11 is 14.9. The molecule has 1 aromatic heterocycles. The van der Waals surface area contributed by atoms with Crippen LogP contribution in [0.1, 0.15) is 10.4 Å². The van der Waals surface area contributed by atoms with E-state index in [1.165, 1.54) is 6.20 Å². The van der Waals surface area contributed by atoms with Crippen molar-refractivity contribution < 1.29 is 9.72 Å². The van der Waals surface area contributed by atoms with Crippen molar-refractivity contribution in [1.82, 2.24) is 4.98 Å². The maximum absolute atomic E-state index is 12.2. The molecule has 0 radical (unpaired) electrons. The van der Waals surface area contributed by atoms with Gasteiger partial charge in [0.1, 0.15) is 4.60 Å². The van der Waals surface area contributed by atoms with Crippen LogP contribution in [0.5, 0.6) is 0 Å². The lowest BCUT2D eigenvalue weighted by Gasteiger charge is -2.08. The maximum atomic E-state index is 12.2. The smallest absolute Gasteiger partial charge is 0.271 e. The normalized spacial score (nSPS) is 10.2. The molecule has 108 valence electrons. The van der Waals surface area contributed by atoms with E-state index in [2.05, 4.69) is 26.2 Å². The highest BCUT2D eigenvalue weighted by Crippen LogP contribution is 2.31. The van der Waals surface area contributed by atoms with Crippen LogP contribution in [-0.4, -0.2) is 15.8 Å². The number of nitro groups is 1. The van der Waals surface area contributed by atoms with Crippen LogP contribution in [0.4, 0.5) is 11.4 Å². The lowest BCUT2D eigenvalue weighted by molar-refractivity contribution is -0.384. The Morgan fingerprint density at radius 3 is 2.71 bits per heavy atom. The zero-order chi connectivity index (χ0) is 15.6. The molecule has 2 rings (SSSR count). The fraction of sp³-hybridized carbons (Fsp3) is 0. The number of pyridine rings is 1. The molecule has 0 saturated heterocycles. The third-order valence-electron chi connectivity index (χ3n) is 2.48. The monoisotopic (exact) mass is 389 g/mol. The van der Waals surface area contributed by atoms with Gasteiger partial charge in [-0.25, -0.2) is 4.98 Å². The molecule has 0 spiro atoms. The van der Waals surface area contributed by atoms with E-state index in [0.717, 1.165) is 12.1 Å². The van der Waals surface area contributed by atoms with Gasteiger partial charge < -0.3 is 5.32 Å². The van der Waals surface area contributed by atoms with Gasteiger partial charge >= 0.3 is 0 Å². The van der Waals surface area contributed by atoms with Gasteiger partial charge in [-0.15, -0.1) is 0 Å². The molecule has 6 nitrogen and oxygen atoms in total. The number of halogens is 3. The molecule has 2 aromatic rings. The van der Waals surface area contributed by atoms with Crippen molar-refractivity contribution in [3.05, 3.63) is 60.8 Å². The number of hydrogen-bond acceptors (Lipinski definition) is 4. The first-order chi connectivity index (χ1) is 9.90. The molecule has 0 saturated carbocycles. The van der Waals surface area contributed by atoms with Gasteiger partial charge in [0, 0.05) is 18.3 Å². The lowest BCUT2D eigenvalue weighted by atomic mass is 10.2. The average Bonchev–Trinajstić information content (AvgIpc) is 2.43. The minimum atomic E-state index is -0.654. The molecule has 1 amide bonds. The highest BCUT2D eigenvalue weighted by Gasteiger charge is 2.20. The standard InChI is InChI=1S/C12H6BrCl2N3O3/c13-11-9(2-1-3-16-11)17-12(19)7-4-6(18(20)21)5-8(14)10(7)15/h1-5H,(H,17,19). The Hall–Kier alpha value is -1.70. The first kappa shape index (κ1) is 15.7. The summed E-state index contributed by atoms with van der Waals surface area (Å²) in [6, 6.07) is 5.39. The summed E-state index contributed by atoms with van der Waals surface area (Å²) in [6.45, 7) is 0. The number of aromatic nitrogens is 1. The molecule has 0 fully saturated rings. The third kappa shape index (κ3) is 3.49. The Labute approximate surface area is 137 Å². The number of hydrogen-bond donors (Lipinski definition) is 1. The molecule has 0 aliphatic heterocycles. The van der Waals surface area contributed by atoms with E-state index in [4.69, 9.17) is 23.2 Å². The summed E-state index contributed by atoms with van der Waals surface area (Å²) in [5, 5.41) is 13.2. The van der Waals surface area contributed by atoms with Crippen LogP contribution in [0.15, 0.2) is 35.1 Å². The van der Waals surface area contributed by atoms with Gasteiger partial charge in [0.25, 0.3) is 11.6 Å². The summed E-state index contributed by atoms with van der Waals surface area (Å²) in [5.74, 6) is -0.626. The third-order valence-corrected chi connectivity index (χ3v) is 3.91. The first-order valence-corrected chi connectivity index (χ1v) is 7.00. The molecule has 0 bridgehead atoms. The SMILES string of the molecule is O=C(Nc1cccnc1Br)c1cc([N+](=O)[O-])cc(Cl)c1Cl. The molecule has 0 atom stereocenters. The Balaban J connectivity index is 2.39. The van der Waals surface area contributed by atoms with Crippen molar-refractivity contribution >= 4 is 56.4 Å². The van der Waals surface area contributed by atoms with Gasteiger partial charge in [-0.05, 0) is 28.1 Å². The number of carbonyl (C=O) groups is 1. The van der Waals surface area contributed by atoms with Crippen molar-refractivity contribution in [3.8, 4) is 0 Å². The minimum absolute atomic E-state index is 0.0558. The summed E-state index contributed by atoms with van der Waals surface area (Å²) in [5.41, 5.74) is -0.00684. The van der Waals surface area contributed by atoms with Gasteiger partial charge in [-0.1, -0.05) is 23.2 Å². The van der Waals surface area contributed by atoms with Crippen molar-refractivity contribution in [2.45, 2.75) is 0 Å². The Bertz CT molecular complexity index is 740. The van der Waals surface area contributed by atoms with Crippen LogP contribution in [0.3, 0.4) is 0 Å². The highest BCUT2D eigenvalue weighted by molar-refractivity contribution is 9.10. The van der Waals surface area contributed by atoms with Crippen LogP contribution in [-0.2, 0) is 0 Å². The molecular weight excluding hydrogens is 385 g/mol. The second-order valence-electron chi connectivity index (χ2n) is 3.84. The van der Waals surface area contributed by atoms with E-state index in [0.29, 0.717) is 10.3 Å². The van der Waals surface area contributed by atoms with Gasteiger partial charge in [-0.2, -0.15) is 0 Å². The molecule has 21 heavy (non-hydrogen) atoms. The van der Waals surface area contributed by atoms with E-state index >= 15 is 0 Å². The molecule has 9 heteroatoms. The van der Waals surface area contributed by atoms with E-state index < -0.39 is 10.8 Å². The van der Waals surface area contributed by atoms with Crippen LogP contribution >= 0.6 is 39.1 Å². The molecule has 1 aromatic carbocycles. The number of anilines is 1. The number of non-ortho nitro benzene ring substituents is 1. The summed E-state index contributed by atoms with van der Waals surface area (Å²) in [6.07, 6.45) is 1.54. The highest BCUT2D eigenvalue weighted by atomic mass is 79.9. The van der Waals surface area contributed by atoms with Crippen LogP contribution < -0.4 is 5.32 Å². The van der Waals surface area contributed by atoms with Crippen LogP contribution in [0, 0.1) is 10.1 Å². The zero-order valence-electron chi connectivity index (χ0n) is 10.1. The first-order valence-electron chi connectivity index (χ1n) is 5.45. The molecule has 0 aliphatic carbocycles. The molecule has 0 unspecified atom stereocenters. The quantitative estimate of drug-likeness (QED) is 0.480. The van der Waals surface area contributed by atoms with Crippen molar-refractivity contribution in [1.29, 1.82) is 0 Å². The molecule has 1 N–H and O–H groups in total. The summed E-state index contributed by atoms with van der Waals surface area (Å²) in [7, 11) is 0. The topological polar surface area (TPSA) is 85.1 Å². The van der Waals surface area contributed by atoms with Crippen molar-refractivity contribution in [3.63, 3.8) is 0 Å². The molecule has 0 aliphatic rings. The van der Waals surface area contributed by atoms with Crippen LogP contribution in [0.2, 0.25) is 10.0 Å². The largest absolute Gasteiger partial charge is 0.320 e. The zero-order valence-corrected chi connectivity index (χ0v) is 13.2.